The lowest BCUT2D eigenvalue weighted by Crippen LogP contribution is -2.52. The predicted molar refractivity (Wildman–Crippen MR) is 125 cm³/mol. The van der Waals surface area contributed by atoms with Crippen LogP contribution in [0.5, 0.6) is 5.75 Å². The predicted octanol–water partition coefficient (Wildman–Crippen LogP) is 4.50. The van der Waals surface area contributed by atoms with E-state index in [4.69, 9.17) is 4.74 Å². The van der Waals surface area contributed by atoms with E-state index >= 15 is 0 Å². The first-order valence-electron chi connectivity index (χ1n) is 10.2. The highest BCUT2D eigenvalue weighted by atomic mass is 32.1. The third-order valence-electron chi connectivity index (χ3n) is 5.56. The summed E-state index contributed by atoms with van der Waals surface area (Å²) in [5.74, 6) is 0.890. The van der Waals surface area contributed by atoms with Crippen LogP contribution < -0.4 is 15.0 Å². The number of rotatable bonds is 7. The van der Waals surface area contributed by atoms with Gasteiger partial charge in [-0.25, -0.2) is 0 Å². The highest BCUT2D eigenvalue weighted by Crippen LogP contribution is 2.31. The number of carbonyl (C=O) groups is 1. The molecule has 1 N–H and O–H groups in total. The van der Waals surface area contributed by atoms with Crippen LogP contribution >= 0.6 is 22.7 Å². The lowest BCUT2D eigenvalue weighted by atomic mass is 10.0. The number of hydrogen-bond acceptors (Lipinski definition) is 6. The van der Waals surface area contributed by atoms with Crippen LogP contribution in [0.25, 0.3) is 0 Å². The number of thiophene rings is 2. The van der Waals surface area contributed by atoms with E-state index in [1.807, 2.05) is 29.6 Å². The molecule has 158 valence electrons. The molecule has 0 saturated carbocycles. The molecule has 0 radical (unpaired) electrons. The van der Waals surface area contributed by atoms with E-state index in [9.17, 15) is 4.79 Å². The molecule has 1 aliphatic rings. The van der Waals surface area contributed by atoms with Gasteiger partial charge >= 0.3 is 0 Å². The quantitative estimate of drug-likeness (QED) is 0.586. The number of nitrogens with zero attached hydrogens (tertiary/aromatic N) is 2. The van der Waals surface area contributed by atoms with Crippen LogP contribution in [0.3, 0.4) is 0 Å². The zero-order chi connectivity index (χ0) is 20.9. The Morgan fingerprint density at radius 3 is 2.30 bits per heavy atom. The standard InChI is InChI=1S/C23H27N3O2S2/c1-17(24-23(27)21-6-4-16-30-21)22(20-5-3-15-29-20)26-13-11-25(12-14-26)18-7-9-19(28-2)10-8-18/h3-10,15-17,22H,11-14H2,1-2H3,(H,24,27)/t17-,22+/m0/s1. The van der Waals surface area contributed by atoms with Crippen LogP contribution in [0.2, 0.25) is 0 Å². The van der Waals surface area contributed by atoms with Gasteiger partial charge in [0.15, 0.2) is 0 Å². The first-order valence-corrected chi connectivity index (χ1v) is 11.9. The number of piperazine rings is 1. The highest BCUT2D eigenvalue weighted by Gasteiger charge is 2.31. The molecular weight excluding hydrogens is 414 g/mol. The molecule has 30 heavy (non-hydrogen) atoms. The fourth-order valence-electron chi connectivity index (χ4n) is 4.02. The second kappa shape index (κ2) is 9.64. The third kappa shape index (κ3) is 4.69. The van der Waals surface area contributed by atoms with Gasteiger partial charge in [0, 0.05) is 42.8 Å². The molecule has 3 aromatic rings. The minimum atomic E-state index is 0.0101. The highest BCUT2D eigenvalue weighted by molar-refractivity contribution is 7.12. The molecule has 5 nitrogen and oxygen atoms in total. The third-order valence-corrected chi connectivity index (χ3v) is 7.37. The van der Waals surface area contributed by atoms with Crippen LogP contribution in [0.1, 0.15) is 27.5 Å². The smallest absolute Gasteiger partial charge is 0.261 e. The Morgan fingerprint density at radius 1 is 1.00 bits per heavy atom. The van der Waals surface area contributed by atoms with Gasteiger partial charge in [0.2, 0.25) is 0 Å². The first kappa shape index (κ1) is 20.9. The Bertz CT molecular complexity index is 918. The van der Waals surface area contributed by atoms with Gasteiger partial charge in [0.25, 0.3) is 5.91 Å². The lowest BCUT2D eigenvalue weighted by Gasteiger charge is -2.42. The Balaban J connectivity index is 1.44. The molecule has 1 aliphatic heterocycles. The summed E-state index contributed by atoms with van der Waals surface area (Å²) in [7, 11) is 1.69. The fourth-order valence-corrected chi connectivity index (χ4v) is 5.61. The maximum atomic E-state index is 12.6. The minimum absolute atomic E-state index is 0.0101. The van der Waals surface area contributed by atoms with Crippen molar-refractivity contribution in [1.82, 2.24) is 10.2 Å². The van der Waals surface area contributed by atoms with Crippen LogP contribution in [-0.2, 0) is 0 Å². The van der Waals surface area contributed by atoms with Gasteiger partial charge in [-0.2, -0.15) is 0 Å². The van der Waals surface area contributed by atoms with Crippen LogP contribution in [0.15, 0.2) is 59.3 Å². The summed E-state index contributed by atoms with van der Waals surface area (Å²) in [4.78, 5) is 19.6. The fraction of sp³-hybridized carbons (Fsp3) is 0.348. The minimum Gasteiger partial charge on any atom is -0.497 e. The Hall–Kier alpha value is -2.35. The number of hydrogen-bond donors (Lipinski definition) is 1. The van der Waals surface area contributed by atoms with Gasteiger partial charge in [-0.1, -0.05) is 12.1 Å². The van der Waals surface area contributed by atoms with E-state index in [-0.39, 0.29) is 18.0 Å². The lowest BCUT2D eigenvalue weighted by molar-refractivity contribution is 0.0894. The van der Waals surface area contributed by atoms with Gasteiger partial charge in [0.1, 0.15) is 5.75 Å². The second-order valence-electron chi connectivity index (χ2n) is 7.42. The number of anilines is 1. The summed E-state index contributed by atoms with van der Waals surface area (Å²) >= 11 is 3.24. The molecule has 7 heteroatoms. The summed E-state index contributed by atoms with van der Waals surface area (Å²) in [5.41, 5.74) is 1.22. The molecule has 3 heterocycles. The molecule has 0 unspecified atom stereocenters. The average molecular weight is 442 g/mol. The monoisotopic (exact) mass is 441 g/mol. The molecule has 1 aromatic carbocycles. The maximum absolute atomic E-state index is 12.6. The second-order valence-corrected chi connectivity index (χ2v) is 9.35. The van der Waals surface area contributed by atoms with E-state index in [0.717, 1.165) is 36.8 Å². The molecule has 1 amide bonds. The molecule has 4 rings (SSSR count). The van der Waals surface area contributed by atoms with Crippen LogP contribution in [-0.4, -0.2) is 50.1 Å². The van der Waals surface area contributed by atoms with Crippen LogP contribution in [0.4, 0.5) is 5.69 Å². The molecule has 1 saturated heterocycles. The molecule has 1 fully saturated rings. The Morgan fingerprint density at radius 2 is 1.70 bits per heavy atom. The van der Waals surface area contributed by atoms with Crippen molar-refractivity contribution in [3.05, 3.63) is 69.0 Å². The van der Waals surface area contributed by atoms with Crippen molar-refractivity contribution < 1.29 is 9.53 Å². The van der Waals surface area contributed by atoms with E-state index in [0.29, 0.717) is 0 Å². The summed E-state index contributed by atoms with van der Waals surface area (Å²) in [6.07, 6.45) is 0. The maximum Gasteiger partial charge on any atom is 0.261 e. The number of ether oxygens (including phenoxy) is 1. The summed E-state index contributed by atoms with van der Waals surface area (Å²) in [6, 6.07) is 16.5. The zero-order valence-electron chi connectivity index (χ0n) is 17.3. The van der Waals surface area contributed by atoms with E-state index in [1.165, 1.54) is 21.9 Å². The van der Waals surface area contributed by atoms with Crippen molar-refractivity contribution in [3.8, 4) is 5.75 Å². The summed E-state index contributed by atoms with van der Waals surface area (Å²) in [6.45, 7) is 5.94. The molecule has 0 spiro atoms. The van der Waals surface area contributed by atoms with Gasteiger partial charge in [0.05, 0.1) is 18.0 Å². The molecular formula is C23H27N3O2S2. The number of amides is 1. The summed E-state index contributed by atoms with van der Waals surface area (Å²) < 4.78 is 5.27. The topological polar surface area (TPSA) is 44.8 Å². The number of benzene rings is 1. The van der Waals surface area contributed by atoms with Crippen molar-refractivity contribution in [1.29, 1.82) is 0 Å². The van der Waals surface area contributed by atoms with Crippen molar-refractivity contribution in [2.45, 2.75) is 19.0 Å². The van der Waals surface area contributed by atoms with Gasteiger partial charge in [-0.05, 0) is 54.1 Å². The van der Waals surface area contributed by atoms with E-state index in [1.54, 1.807) is 18.4 Å². The van der Waals surface area contributed by atoms with Crippen molar-refractivity contribution in [2.75, 3.05) is 38.2 Å². The summed E-state index contributed by atoms with van der Waals surface area (Å²) in [5, 5.41) is 7.29. The van der Waals surface area contributed by atoms with Gasteiger partial charge in [-0.15, -0.1) is 22.7 Å². The number of carbonyl (C=O) groups excluding carboxylic acids is 1. The molecule has 0 aliphatic carbocycles. The first-order chi connectivity index (χ1) is 14.7. The van der Waals surface area contributed by atoms with E-state index < -0.39 is 0 Å². The Labute approximate surface area is 185 Å². The molecule has 2 atom stereocenters. The van der Waals surface area contributed by atoms with E-state index in [2.05, 4.69) is 51.7 Å². The largest absolute Gasteiger partial charge is 0.497 e. The van der Waals surface area contributed by atoms with Crippen LogP contribution in [0, 0.1) is 0 Å². The normalized spacial score (nSPS) is 16.8. The SMILES string of the molecule is COc1ccc(N2CCN([C@@H](c3cccs3)[C@H](C)NC(=O)c3cccs3)CC2)cc1. The van der Waals surface area contributed by atoms with Crippen molar-refractivity contribution >= 4 is 34.3 Å². The number of methoxy groups -OCH3 is 1. The van der Waals surface area contributed by atoms with Crippen molar-refractivity contribution in [2.24, 2.45) is 0 Å². The van der Waals surface area contributed by atoms with Gasteiger partial charge < -0.3 is 15.0 Å². The number of nitrogens with one attached hydrogen (secondary N) is 1. The van der Waals surface area contributed by atoms with Crippen molar-refractivity contribution in [3.63, 3.8) is 0 Å². The molecule has 0 bridgehead atoms. The Kier molecular flexibility index (Phi) is 6.72. The van der Waals surface area contributed by atoms with Gasteiger partial charge in [-0.3, -0.25) is 9.69 Å². The molecule has 2 aromatic heterocycles. The average Bonchev–Trinajstić information content (AvgIpc) is 3.49. The zero-order valence-corrected chi connectivity index (χ0v) is 18.9.